The first kappa shape index (κ1) is 15.6. The molecule has 0 aliphatic carbocycles. The van der Waals surface area contributed by atoms with E-state index in [9.17, 15) is 8.78 Å². The number of benzene rings is 2. The molecule has 0 heterocycles. The van der Waals surface area contributed by atoms with E-state index >= 15 is 0 Å². The summed E-state index contributed by atoms with van der Waals surface area (Å²) in [5, 5.41) is 11.6. The highest BCUT2D eigenvalue weighted by atomic mass is 19.3. The van der Waals surface area contributed by atoms with Crippen molar-refractivity contribution in [2.75, 3.05) is 13.2 Å². The molecule has 0 radical (unpaired) electrons. The Balaban J connectivity index is 2.30. The van der Waals surface area contributed by atoms with Crippen molar-refractivity contribution >= 4 is 0 Å². The van der Waals surface area contributed by atoms with Crippen LogP contribution in [0.15, 0.2) is 54.6 Å². The Morgan fingerprint density at radius 1 is 1.05 bits per heavy atom. The quantitative estimate of drug-likeness (QED) is 0.856. The van der Waals surface area contributed by atoms with Gasteiger partial charge in [-0.2, -0.15) is 0 Å². The summed E-state index contributed by atoms with van der Waals surface area (Å²) in [6, 6.07) is 16.8. The largest absolute Gasteiger partial charge is 0.390 e. The van der Waals surface area contributed by atoms with E-state index in [1.807, 2.05) is 61.5 Å². The van der Waals surface area contributed by atoms with E-state index in [0.717, 1.165) is 16.7 Å². The maximum absolute atomic E-state index is 13.3. The lowest BCUT2D eigenvalue weighted by atomic mass is 9.95. The van der Waals surface area contributed by atoms with Crippen molar-refractivity contribution in [3.05, 3.63) is 71.3 Å². The van der Waals surface area contributed by atoms with Crippen molar-refractivity contribution in [1.82, 2.24) is 5.32 Å². The average Bonchev–Trinajstić information content (AvgIpc) is 2.50. The van der Waals surface area contributed by atoms with Crippen LogP contribution >= 0.6 is 0 Å². The molecule has 0 fully saturated rings. The summed E-state index contributed by atoms with van der Waals surface area (Å²) < 4.78 is 26.7. The van der Waals surface area contributed by atoms with Crippen molar-refractivity contribution in [2.45, 2.75) is 18.9 Å². The SMILES string of the molecule is Cc1ccccc1C(NCC(F)(F)CO)c1ccccc1. The van der Waals surface area contributed by atoms with E-state index in [-0.39, 0.29) is 6.04 Å². The summed E-state index contributed by atoms with van der Waals surface area (Å²) in [6.45, 7) is 0.226. The number of halogens is 2. The molecule has 112 valence electrons. The summed E-state index contributed by atoms with van der Waals surface area (Å²) in [6.07, 6.45) is 0. The molecule has 2 aromatic carbocycles. The number of aliphatic hydroxyl groups is 1. The summed E-state index contributed by atoms with van der Waals surface area (Å²) >= 11 is 0. The maximum Gasteiger partial charge on any atom is 0.282 e. The van der Waals surface area contributed by atoms with Crippen LogP contribution in [0.3, 0.4) is 0 Å². The number of aryl methyl sites for hydroxylation is 1. The topological polar surface area (TPSA) is 32.3 Å². The zero-order valence-corrected chi connectivity index (χ0v) is 11.9. The number of hydrogen-bond donors (Lipinski definition) is 2. The van der Waals surface area contributed by atoms with Gasteiger partial charge < -0.3 is 10.4 Å². The molecular weight excluding hydrogens is 272 g/mol. The predicted molar refractivity (Wildman–Crippen MR) is 79.5 cm³/mol. The third-order valence-corrected chi connectivity index (χ3v) is 3.43. The van der Waals surface area contributed by atoms with E-state index in [1.54, 1.807) is 0 Å². The van der Waals surface area contributed by atoms with Gasteiger partial charge in [0.1, 0.15) is 6.61 Å². The Morgan fingerprint density at radius 2 is 1.67 bits per heavy atom. The fourth-order valence-corrected chi connectivity index (χ4v) is 2.27. The van der Waals surface area contributed by atoms with Gasteiger partial charge in [-0.25, -0.2) is 8.78 Å². The Labute approximate surface area is 123 Å². The number of aliphatic hydroxyl groups excluding tert-OH is 1. The van der Waals surface area contributed by atoms with Gasteiger partial charge in [0.15, 0.2) is 0 Å². The van der Waals surface area contributed by atoms with Crippen molar-refractivity contribution in [2.24, 2.45) is 0 Å². The van der Waals surface area contributed by atoms with E-state index in [1.165, 1.54) is 0 Å². The second-order valence-corrected chi connectivity index (χ2v) is 5.10. The van der Waals surface area contributed by atoms with Crippen LogP contribution in [0.5, 0.6) is 0 Å². The maximum atomic E-state index is 13.3. The molecule has 2 N–H and O–H groups in total. The minimum Gasteiger partial charge on any atom is -0.390 e. The number of alkyl halides is 2. The van der Waals surface area contributed by atoms with Crippen LogP contribution in [0.2, 0.25) is 0 Å². The van der Waals surface area contributed by atoms with E-state index < -0.39 is 19.1 Å². The molecule has 0 saturated heterocycles. The summed E-state index contributed by atoms with van der Waals surface area (Å²) in [5.41, 5.74) is 2.91. The first-order valence-corrected chi connectivity index (χ1v) is 6.86. The molecule has 21 heavy (non-hydrogen) atoms. The average molecular weight is 291 g/mol. The van der Waals surface area contributed by atoms with Gasteiger partial charge in [0, 0.05) is 0 Å². The van der Waals surface area contributed by atoms with Gasteiger partial charge in [0.2, 0.25) is 0 Å². The van der Waals surface area contributed by atoms with Crippen LogP contribution in [-0.2, 0) is 0 Å². The molecular formula is C17H19F2NO. The molecule has 2 aromatic rings. The molecule has 0 bridgehead atoms. The van der Waals surface area contributed by atoms with Crippen LogP contribution in [0, 0.1) is 6.92 Å². The van der Waals surface area contributed by atoms with Crippen LogP contribution in [0.1, 0.15) is 22.7 Å². The van der Waals surface area contributed by atoms with Crippen molar-refractivity contribution in [3.8, 4) is 0 Å². The first-order chi connectivity index (χ1) is 10.0. The highest BCUT2D eigenvalue weighted by Crippen LogP contribution is 2.25. The van der Waals surface area contributed by atoms with Gasteiger partial charge in [-0.15, -0.1) is 0 Å². The van der Waals surface area contributed by atoms with Gasteiger partial charge in [0.25, 0.3) is 5.92 Å². The highest BCUT2D eigenvalue weighted by molar-refractivity contribution is 5.36. The van der Waals surface area contributed by atoms with Crippen LogP contribution in [0.25, 0.3) is 0 Å². The molecule has 0 amide bonds. The predicted octanol–water partition coefficient (Wildman–Crippen LogP) is 3.30. The molecule has 1 unspecified atom stereocenters. The fraction of sp³-hybridized carbons (Fsp3) is 0.294. The normalized spacial score (nSPS) is 13.1. The number of nitrogens with one attached hydrogen (secondary N) is 1. The van der Waals surface area contributed by atoms with Crippen LogP contribution in [0.4, 0.5) is 8.78 Å². The van der Waals surface area contributed by atoms with Gasteiger partial charge in [-0.1, -0.05) is 54.6 Å². The van der Waals surface area contributed by atoms with Gasteiger partial charge >= 0.3 is 0 Å². The van der Waals surface area contributed by atoms with Crippen molar-refractivity contribution < 1.29 is 13.9 Å². The lowest BCUT2D eigenvalue weighted by molar-refractivity contribution is -0.0487. The number of rotatable bonds is 6. The second kappa shape index (κ2) is 6.78. The first-order valence-electron chi connectivity index (χ1n) is 6.86. The summed E-state index contributed by atoms with van der Waals surface area (Å²) in [7, 11) is 0. The summed E-state index contributed by atoms with van der Waals surface area (Å²) in [5.74, 6) is -3.13. The van der Waals surface area contributed by atoms with Gasteiger partial charge in [-0.05, 0) is 23.6 Å². The number of hydrogen-bond acceptors (Lipinski definition) is 2. The van der Waals surface area contributed by atoms with Crippen LogP contribution in [-0.4, -0.2) is 24.2 Å². The molecule has 0 saturated carbocycles. The molecule has 2 nitrogen and oxygen atoms in total. The van der Waals surface area contributed by atoms with Crippen molar-refractivity contribution in [3.63, 3.8) is 0 Å². The lowest BCUT2D eigenvalue weighted by Gasteiger charge is -2.24. The molecule has 0 aromatic heterocycles. The summed E-state index contributed by atoms with van der Waals surface area (Å²) in [4.78, 5) is 0. The standard InChI is InChI=1S/C17H19F2NO/c1-13-7-5-6-10-15(13)16(14-8-3-2-4-9-14)20-11-17(18,19)12-21/h2-10,16,20-21H,11-12H2,1H3. The van der Waals surface area contributed by atoms with E-state index in [4.69, 9.17) is 5.11 Å². The van der Waals surface area contributed by atoms with Gasteiger partial charge in [-0.3, -0.25) is 0 Å². The molecule has 4 heteroatoms. The Hall–Kier alpha value is -1.78. The minimum absolute atomic E-state index is 0.329. The molecule has 1 atom stereocenters. The fourth-order valence-electron chi connectivity index (χ4n) is 2.27. The molecule has 0 aliphatic rings. The molecule has 2 rings (SSSR count). The zero-order chi connectivity index (χ0) is 15.3. The van der Waals surface area contributed by atoms with Gasteiger partial charge in [0.05, 0.1) is 12.6 Å². The lowest BCUT2D eigenvalue weighted by Crippen LogP contribution is -2.38. The smallest absolute Gasteiger partial charge is 0.282 e. The second-order valence-electron chi connectivity index (χ2n) is 5.10. The van der Waals surface area contributed by atoms with E-state index in [2.05, 4.69) is 5.32 Å². The third kappa shape index (κ3) is 4.09. The van der Waals surface area contributed by atoms with E-state index in [0.29, 0.717) is 0 Å². The third-order valence-electron chi connectivity index (χ3n) is 3.43. The highest BCUT2D eigenvalue weighted by Gasteiger charge is 2.29. The molecule has 0 spiro atoms. The zero-order valence-electron chi connectivity index (χ0n) is 11.9. The minimum atomic E-state index is -3.13. The molecule has 0 aliphatic heterocycles. The van der Waals surface area contributed by atoms with Crippen molar-refractivity contribution in [1.29, 1.82) is 0 Å². The van der Waals surface area contributed by atoms with Crippen LogP contribution < -0.4 is 5.32 Å². The Bertz CT molecular complexity index is 572. The Morgan fingerprint density at radius 3 is 2.29 bits per heavy atom. The Kier molecular flexibility index (Phi) is 5.04. The monoisotopic (exact) mass is 291 g/mol.